The van der Waals surface area contributed by atoms with Gasteiger partial charge in [0.05, 0.1) is 11.1 Å². The Labute approximate surface area is 301 Å². The maximum Gasteiger partial charge on any atom is 0.208 e. The molecule has 2 aliphatic carbocycles. The Balaban J connectivity index is 1.47. The van der Waals surface area contributed by atoms with Crippen LogP contribution in [0.1, 0.15) is 107 Å². The highest BCUT2D eigenvalue weighted by molar-refractivity contribution is 6.39. The van der Waals surface area contributed by atoms with Crippen LogP contribution in [0.5, 0.6) is 0 Å². The van der Waals surface area contributed by atoms with Crippen LogP contribution in [0.4, 0.5) is 17.1 Å². The molecule has 0 saturated carbocycles. The average Bonchev–Trinajstić information content (AvgIpc) is 3.10. The van der Waals surface area contributed by atoms with Gasteiger partial charge in [-0.1, -0.05) is 88.4 Å². The van der Waals surface area contributed by atoms with Gasteiger partial charge in [-0.15, -0.1) is 0 Å². The zero-order valence-corrected chi connectivity index (χ0v) is 31.6. The van der Waals surface area contributed by atoms with Gasteiger partial charge in [-0.3, -0.25) is 4.79 Å². The Hall–Kier alpha value is -4.44. The molecule has 50 heavy (non-hydrogen) atoms. The number of aliphatic hydroxyl groups excluding tert-OH is 1. The van der Waals surface area contributed by atoms with Crippen LogP contribution in [-0.4, -0.2) is 33.3 Å². The highest BCUT2D eigenvalue weighted by atomic mass is 16.3. The smallest absolute Gasteiger partial charge is 0.208 e. The molecular weight excluding hydrogens is 613 g/mol. The average molecular weight is 670 g/mol. The van der Waals surface area contributed by atoms with Crippen molar-refractivity contribution in [3.8, 4) is 0 Å². The lowest BCUT2D eigenvalue weighted by atomic mass is 9.80. The molecule has 2 atom stereocenters. The van der Waals surface area contributed by atoms with Crippen molar-refractivity contribution in [1.82, 2.24) is 0 Å². The van der Waals surface area contributed by atoms with E-state index in [1.165, 1.54) is 46.5 Å². The summed E-state index contributed by atoms with van der Waals surface area (Å²) in [6.07, 6.45) is 17.2. The summed E-state index contributed by atoms with van der Waals surface area (Å²) in [5.74, 6) is -0.0269. The van der Waals surface area contributed by atoms with Gasteiger partial charge in [-0.05, 0) is 100 Å². The summed E-state index contributed by atoms with van der Waals surface area (Å²) in [5, 5.41) is 11.3. The minimum absolute atomic E-state index is 0.0803. The lowest BCUT2D eigenvalue weighted by Crippen LogP contribution is -2.31. The minimum atomic E-state index is -0.107. The molecule has 1 N–H and O–H groups in total. The van der Waals surface area contributed by atoms with Crippen molar-refractivity contribution in [2.24, 2.45) is 0 Å². The summed E-state index contributed by atoms with van der Waals surface area (Å²) in [6.45, 7) is 17.7. The van der Waals surface area contributed by atoms with E-state index < -0.39 is 0 Å². The largest absolute Gasteiger partial charge is 0.506 e. The zero-order valence-electron chi connectivity index (χ0n) is 31.6. The summed E-state index contributed by atoms with van der Waals surface area (Å²) in [6, 6.07) is 22.3. The molecule has 0 fully saturated rings. The number of hydrogen-bond donors (Lipinski definition) is 1. The van der Waals surface area contributed by atoms with Crippen LogP contribution in [0.25, 0.3) is 5.57 Å². The van der Waals surface area contributed by atoms with Crippen molar-refractivity contribution in [1.29, 1.82) is 0 Å². The molecule has 0 aromatic heterocycles. The first-order valence-corrected chi connectivity index (χ1v) is 18.9. The molecule has 2 aliphatic rings. The van der Waals surface area contributed by atoms with Crippen molar-refractivity contribution in [2.75, 3.05) is 4.90 Å². The Morgan fingerprint density at radius 3 is 1.88 bits per heavy atom. The van der Waals surface area contributed by atoms with Crippen molar-refractivity contribution in [3.63, 3.8) is 0 Å². The van der Waals surface area contributed by atoms with Gasteiger partial charge in [0.25, 0.3) is 0 Å². The fraction of sp³-hybridized carbons (Fsp3) is 0.391. The second kappa shape index (κ2) is 16.5. The number of anilines is 2. The number of hydrogen-bond acceptors (Lipinski definition) is 3. The van der Waals surface area contributed by atoms with E-state index in [1.54, 1.807) is 0 Å². The van der Waals surface area contributed by atoms with Crippen LogP contribution < -0.4 is 4.90 Å². The van der Waals surface area contributed by atoms with Gasteiger partial charge in [0.2, 0.25) is 17.2 Å². The van der Waals surface area contributed by atoms with Gasteiger partial charge in [-0.25, -0.2) is 0 Å². The number of carbonyl (C=O) groups is 1. The molecule has 3 aromatic rings. The number of ketones is 1. The first-order valence-electron chi connectivity index (χ1n) is 18.9. The SMILES string of the molecule is CCCCC(CC)N(c1ccc(C2=C(O)C(=C3C=CC(=[N+](c4ccc(C)cc4C)C(CC)CCCC)C=C3)C2=O)cc1)c1ccc(C)cc1C. The normalized spacial score (nSPS) is 15.4. The predicted octanol–water partition coefficient (Wildman–Crippen LogP) is 12.1. The highest BCUT2D eigenvalue weighted by Gasteiger charge is 2.37. The molecule has 2 unspecified atom stereocenters. The molecule has 3 aromatic carbocycles. The standard InChI is InChI=1S/C46H56N2O2/c1-9-13-15-37(11-3)47(41-27-17-31(5)29-33(41)7)39-23-19-35(20-24-39)43-45(49)44(46(43)50)36-21-25-40(26-22-36)48(38(12-4)16-14-10-2)42-28-18-32(6)30-34(42)8/h17-30,37-38H,9-16H2,1-8H3/p+1. The third-order valence-electron chi connectivity index (χ3n) is 10.5. The Kier molecular flexibility index (Phi) is 12.2. The van der Waals surface area contributed by atoms with E-state index >= 15 is 0 Å². The van der Waals surface area contributed by atoms with E-state index in [9.17, 15) is 9.90 Å². The lowest BCUT2D eigenvalue weighted by Gasteiger charge is -2.35. The fourth-order valence-electron chi connectivity index (χ4n) is 7.67. The van der Waals surface area contributed by atoms with E-state index in [0.717, 1.165) is 61.1 Å². The number of Topliss-reactive ketones (excluding diaryl/α,β-unsaturated/α-hetero) is 1. The predicted molar refractivity (Wildman–Crippen MR) is 212 cm³/mol. The van der Waals surface area contributed by atoms with Gasteiger partial charge >= 0.3 is 0 Å². The summed E-state index contributed by atoms with van der Waals surface area (Å²) < 4.78 is 2.47. The Bertz CT molecular complexity index is 1850. The van der Waals surface area contributed by atoms with Crippen LogP contribution in [-0.2, 0) is 4.79 Å². The van der Waals surface area contributed by atoms with E-state index in [4.69, 9.17) is 0 Å². The van der Waals surface area contributed by atoms with Crippen molar-refractivity contribution in [2.45, 2.75) is 119 Å². The van der Waals surface area contributed by atoms with Gasteiger partial charge in [-0.2, -0.15) is 4.58 Å². The molecule has 0 saturated heterocycles. The van der Waals surface area contributed by atoms with E-state index in [1.807, 2.05) is 24.3 Å². The van der Waals surface area contributed by atoms with Crippen molar-refractivity contribution >= 4 is 34.1 Å². The number of carbonyl (C=O) groups excluding carboxylic acids is 1. The molecule has 0 radical (unpaired) electrons. The molecule has 0 amide bonds. The maximum absolute atomic E-state index is 13.7. The lowest BCUT2D eigenvalue weighted by molar-refractivity contribution is -0.486. The minimum Gasteiger partial charge on any atom is -0.506 e. The molecular formula is C46H57N2O2+. The summed E-state index contributed by atoms with van der Waals surface area (Å²) in [7, 11) is 0. The number of rotatable bonds is 14. The third-order valence-corrected chi connectivity index (χ3v) is 10.5. The third kappa shape index (κ3) is 7.65. The summed E-state index contributed by atoms with van der Waals surface area (Å²) in [4.78, 5) is 16.1. The Morgan fingerprint density at radius 2 is 1.32 bits per heavy atom. The number of unbranched alkanes of at least 4 members (excludes halogenated alkanes) is 2. The molecule has 0 bridgehead atoms. The second-order valence-corrected chi connectivity index (χ2v) is 14.2. The molecule has 4 heteroatoms. The second-order valence-electron chi connectivity index (χ2n) is 14.2. The quantitative estimate of drug-likeness (QED) is 0.137. The van der Waals surface area contributed by atoms with E-state index in [0.29, 0.717) is 23.2 Å². The molecule has 262 valence electrons. The van der Waals surface area contributed by atoms with Crippen LogP contribution in [0.2, 0.25) is 0 Å². The number of aliphatic hydroxyl groups is 1. The molecule has 0 aliphatic heterocycles. The highest BCUT2D eigenvalue weighted by Crippen LogP contribution is 2.41. The fourth-order valence-corrected chi connectivity index (χ4v) is 7.67. The van der Waals surface area contributed by atoms with Gasteiger partial charge < -0.3 is 10.0 Å². The van der Waals surface area contributed by atoms with E-state index in [-0.39, 0.29) is 11.5 Å². The number of aryl methyl sites for hydroxylation is 4. The van der Waals surface area contributed by atoms with Crippen molar-refractivity contribution < 1.29 is 14.5 Å². The zero-order chi connectivity index (χ0) is 35.9. The molecule has 5 rings (SSSR count). The van der Waals surface area contributed by atoms with E-state index in [2.05, 4.69) is 126 Å². The van der Waals surface area contributed by atoms with Gasteiger partial charge in [0, 0.05) is 54.0 Å². The number of allylic oxidation sites excluding steroid dienone is 7. The number of nitrogens with zero attached hydrogens (tertiary/aromatic N) is 2. The monoisotopic (exact) mass is 669 g/mol. The van der Waals surface area contributed by atoms with Crippen molar-refractivity contribution in [3.05, 3.63) is 130 Å². The first-order chi connectivity index (χ1) is 24.1. The van der Waals surface area contributed by atoms with Crippen LogP contribution in [0, 0.1) is 27.7 Å². The van der Waals surface area contributed by atoms with Crippen LogP contribution in [0.3, 0.4) is 0 Å². The topological polar surface area (TPSA) is 43.5 Å². The van der Waals surface area contributed by atoms with Gasteiger partial charge in [0.1, 0.15) is 5.76 Å². The summed E-state index contributed by atoms with van der Waals surface area (Å²) in [5.41, 5.74) is 12.0. The van der Waals surface area contributed by atoms with Crippen LogP contribution in [0.15, 0.2) is 102 Å². The Morgan fingerprint density at radius 1 is 0.700 bits per heavy atom. The molecule has 0 spiro atoms. The van der Waals surface area contributed by atoms with Crippen LogP contribution >= 0.6 is 0 Å². The first kappa shape index (κ1) is 36.8. The molecule has 0 heterocycles. The van der Waals surface area contributed by atoms with Gasteiger partial charge in [0.15, 0.2) is 6.04 Å². The molecule has 4 nitrogen and oxygen atoms in total. The maximum atomic E-state index is 13.7. The number of benzene rings is 3. The summed E-state index contributed by atoms with van der Waals surface area (Å²) >= 11 is 0.